The van der Waals surface area contributed by atoms with Gasteiger partial charge in [0.05, 0.1) is 7.11 Å². The summed E-state index contributed by atoms with van der Waals surface area (Å²) in [5, 5.41) is 6.91. The van der Waals surface area contributed by atoms with Crippen molar-refractivity contribution < 1.29 is 4.74 Å². The minimum atomic E-state index is 0.733. The molecule has 1 aromatic carbocycles. The van der Waals surface area contributed by atoms with Crippen molar-refractivity contribution in [1.29, 1.82) is 0 Å². The van der Waals surface area contributed by atoms with Gasteiger partial charge in [0, 0.05) is 26.7 Å². The lowest BCUT2D eigenvalue weighted by atomic mass is 9.96. The van der Waals surface area contributed by atoms with Crippen molar-refractivity contribution in [3.63, 3.8) is 0 Å². The van der Waals surface area contributed by atoms with Crippen molar-refractivity contribution in [2.75, 3.05) is 40.3 Å². The van der Waals surface area contributed by atoms with E-state index < -0.39 is 0 Å². The average Bonchev–Trinajstić information content (AvgIpc) is 2.69. The van der Waals surface area contributed by atoms with Crippen LogP contribution in [0.2, 0.25) is 0 Å². The van der Waals surface area contributed by atoms with Crippen LogP contribution in [0.15, 0.2) is 29.3 Å². The molecule has 0 aromatic heterocycles. The van der Waals surface area contributed by atoms with E-state index in [1.807, 2.05) is 19.2 Å². The van der Waals surface area contributed by atoms with Gasteiger partial charge in [-0.2, -0.15) is 0 Å². The van der Waals surface area contributed by atoms with Gasteiger partial charge in [0.2, 0.25) is 0 Å². The van der Waals surface area contributed by atoms with Gasteiger partial charge in [0.1, 0.15) is 5.75 Å². The number of hydrogen-bond acceptors (Lipinski definition) is 3. The van der Waals surface area contributed by atoms with Crippen molar-refractivity contribution in [2.45, 2.75) is 45.6 Å². The van der Waals surface area contributed by atoms with Crippen LogP contribution in [0.3, 0.4) is 0 Å². The molecule has 1 aliphatic heterocycles. The Morgan fingerprint density at radius 2 is 1.88 bits per heavy atom. The number of nitrogens with zero attached hydrogens (tertiary/aromatic N) is 2. The lowest BCUT2D eigenvalue weighted by molar-refractivity contribution is 0.178. The highest BCUT2D eigenvalue weighted by Crippen LogP contribution is 2.19. The van der Waals surface area contributed by atoms with Crippen LogP contribution in [0, 0.1) is 5.92 Å². The summed E-state index contributed by atoms with van der Waals surface area (Å²) in [5.41, 5.74) is 1.36. The molecule has 0 unspecified atom stereocenters. The fraction of sp³-hybridized carbons (Fsp3) is 0.667. The zero-order valence-corrected chi connectivity index (χ0v) is 16.8. The molecule has 0 spiro atoms. The van der Waals surface area contributed by atoms with Crippen molar-refractivity contribution in [3.05, 3.63) is 29.8 Å². The lowest BCUT2D eigenvalue weighted by Gasteiger charge is -2.32. The molecule has 0 amide bonds. The number of rotatable bonds is 9. The minimum absolute atomic E-state index is 0.733. The van der Waals surface area contributed by atoms with Crippen LogP contribution in [0.25, 0.3) is 0 Å². The molecular formula is C21H36N4O. The van der Waals surface area contributed by atoms with Gasteiger partial charge in [-0.3, -0.25) is 9.89 Å². The SMILES string of the molecule is CCCCCNC(=NC)NCC1CCN(Cc2ccc(OC)cc2)CC1. The van der Waals surface area contributed by atoms with Crippen LogP contribution in [0.5, 0.6) is 5.75 Å². The molecule has 2 rings (SSSR count). The second-order valence-electron chi connectivity index (χ2n) is 7.15. The van der Waals surface area contributed by atoms with E-state index in [9.17, 15) is 0 Å². The number of benzene rings is 1. The quantitative estimate of drug-likeness (QED) is 0.403. The van der Waals surface area contributed by atoms with E-state index >= 15 is 0 Å². The Balaban J connectivity index is 1.64. The fourth-order valence-electron chi connectivity index (χ4n) is 3.38. The summed E-state index contributed by atoms with van der Waals surface area (Å²) >= 11 is 0. The predicted molar refractivity (Wildman–Crippen MR) is 110 cm³/mol. The van der Waals surface area contributed by atoms with Crippen LogP contribution >= 0.6 is 0 Å². The normalized spacial score (nSPS) is 16.5. The highest BCUT2D eigenvalue weighted by atomic mass is 16.5. The summed E-state index contributed by atoms with van der Waals surface area (Å²) in [4.78, 5) is 6.88. The van der Waals surface area contributed by atoms with Gasteiger partial charge in [0.15, 0.2) is 5.96 Å². The van der Waals surface area contributed by atoms with Gasteiger partial charge in [-0.15, -0.1) is 0 Å². The third-order valence-electron chi connectivity index (χ3n) is 5.13. The van der Waals surface area contributed by atoms with E-state index in [1.54, 1.807) is 7.11 Å². The second-order valence-corrected chi connectivity index (χ2v) is 7.15. The van der Waals surface area contributed by atoms with E-state index in [0.29, 0.717) is 0 Å². The van der Waals surface area contributed by atoms with E-state index in [-0.39, 0.29) is 0 Å². The first-order chi connectivity index (χ1) is 12.7. The highest BCUT2D eigenvalue weighted by molar-refractivity contribution is 5.79. The smallest absolute Gasteiger partial charge is 0.190 e. The van der Waals surface area contributed by atoms with Gasteiger partial charge in [-0.05, 0) is 56.0 Å². The maximum absolute atomic E-state index is 5.23. The van der Waals surface area contributed by atoms with Crippen LogP contribution in [0.4, 0.5) is 0 Å². The zero-order chi connectivity index (χ0) is 18.6. The number of methoxy groups -OCH3 is 1. The largest absolute Gasteiger partial charge is 0.497 e. The predicted octanol–water partition coefficient (Wildman–Crippen LogP) is 3.26. The van der Waals surface area contributed by atoms with E-state index in [0.717, 1.165) is 37.3 Å². The molecule has 1 heterocycles. The van der Waals surface area contributed by atoms with E-state index in [4.69, 9.17) is 4.74 Å². The van der Waals surface area contributed by atoms with E-state index in [1.165, 1.54) is 50.8 Å². The molecular weight excluding hydrogens is 324 g/mol. The summed E-state index contributed by atoms with van der Waals surface area (Å²) in [5.74, 6) is 2.60. The first-order valence-corrected chi connectivity index (χ1v) is 10.0. The molecule has 0 aliphatic carbocycles. The van der Waals surface area contributed by atoms with Crippen molar-refractivity contribution in [3.8, 4) is 5.75 Å². The third-order valence-corrected chi connectivity index (χ3v) is 5.13. The van der Waals surface area contributed by atoms with Crippen LogP contribution in [-0.4, -0.2) is 51.2 Å². The van der Waals surface area contributed by atoms with Crippen LogP contribution < -0.4 is 15.4 Å². The number of piperidine rings is 1. The minimum Gasteiger partial charge on any atom is -0.497 e. The standard InChI is InChI=1S/C21H36N4O/c1-4-5-6-13-23-21(22-2)24-16-18-11-14-25(15-12-18)17-19-7-9-20(26-3)10-8-19/h7-10,18H,4-6,11-17H2,1-3H3,(H2,22,23,24). The molecule has 5 nitrogen and oxygen atoms in total. The Labute approximate surface area is 159 Å². The summed E-state index contributed by atoms with van der Waals surface area (Å²) in [6.45, 7) is 7.62. The van der Waals surface area contributed by atoms with Gasteiger partial charge >= 0.3 is 0 Å². The molecule has 0 radical (unpaired) electrons. The van der Waals surface area contributed by atoms with Crippen LogP contribution in [0.1, 0.15) is 44.6 Å². The molecule has 1 saturated heterocycles. The van der Waals surface area contributed by atoms with Gasteiger partial charge in [-0.1, -0.05) is 31.9 Å². The Bertz CT molecular complexity index is 521. The molecule has 1 fully saturated rings. The zero-order valence-electron chi connectivity index (χ0n) is 16.8. The number of likely N-dealkylation sites (tertiary alicyclic amines) is 1. The summed E-state index contributed by atoms with van der Waals surface area (Å²) in [6.07, 6.45) is 6.23. The number of nitrogens with one attached hydrogen (secondary N) is 2. The number of hydrogen-bond donors (Lipinski definition) is 2. The number of unbranched alkanes of at least 4 members (excludes halogenated alkanes) is 2. The van der Waals surface area contributed by atoms with Gasteiger partial charge in [0.25, 0.3) is 0 Å². The number of ether oxygens (including phenoxy) is 1. The molecule has 1 aliphatic rings. The van der Waals surface area contributed by atoms with Crippen molar-refractivity contribution in [2.24, 2.45) is 10.9 Å². The first-order valence-electron chi connectivity index (χ1n) is 10.0. The first kappa shape index (κ1) is 20.6. The molecule has 1 aromatic rings. The van der Waals surface area contributed by atoms with Crippen LogP contribution in [-0.2, 0) is 6.54 Å². The molecule has 5 heteroatoms. The molecule has 26 heavy (non-hydrogen) atoms. The Morgan fingerprint density at radius 3 is 2.50 bits per heavy atom. The third kappa shape index (κ3) is 7.24. The average molecular weight is 361 g/mol. The Hall–Kier alpha value is -1.75. The summed E-state index contributed by atoms with van der Waals surface area (Å²) in [7, 11) is 3.57. The molecule has 0 saturated carbocycles. The summed E-state index contributed by atoms with van der Waals surface area (Å²) in [6, 6.07) is 8.43. The van der Waals surface area contributed by atoms with Crippen molar-refractivity contribution >= 4 is 5.96 Å². The highest BCUT2D eigenvalue weighted by Gasteiger charge is 2.19. The molecule has 0 bridgehead atoms. The lowest BCUT2D eigenvalue weighted by Crippen LogP contribution is -2.43. The van der Waals surface area contributed by atoms with Gasteiger partial charge < -0.3 is 15.4 Å². The second kappa shape index (κ2) is 11.8. The molecule has 0 atom stereocenters. The van der Waals surface area contributed by atoms with Gasteiger partial charge in [-0.25, -0.2) is 0 Å². The number of aliphatic imine (C=N–C) groups is 1. The molecule has 2 N–H and O–H groups in total. The monoisotopic (exact) mass is 360 g/mol. The molecule has 146 valence electrons. The maximum atomic E-state index is 5.23. The number of guanidine groups is 1. The Morgan fingerprint density at radius 1 is 1.15 bits per heavy atom. The fourth-order valence-corrected chi connectivity index (χ4v) is 3.38. The summed E-state index contributed by atoms with van der Waals surface area (Å²) < 4.78 is 5.23. The topological polar surface area (TPSA) is 48.9 Å². The van der Waals surface area contributed by atoms with Crippen molar-refractivity contribution in [1.82, 2.24) is 15.5 Å². The van der Waals surface area contributed by atoms with E-state index in [2.05, 4.69) is 39.6 Å². The maximum Gasteiger partial charge on any atom is 0.190 e. The Kier molecular flexibility index (Phi) is 9.32.